The zero-order chi connectivity index (χ0) is 16.7. The number of carbonyl (C=O) groups is 1. The van der Waals surface area contributed by atoms with Crippen molar-refractivity contribution in [2.24, 2.45) is 0 Å². The molecule has 0 aliphatic carbocycles. The molecule has 0 radical (unpaired) electrons. The van der Waals surface area contributed by atoms with Gasteiger partial charge in [0.2, 0.25) is 11.0 Å². The van der Waals surface area contributed by atoms with Crippen molar-refractivity contribution >= 4 is 57.5 Å². The molecule has 2 aromatic rings. The fraction of sp³-hybridized carbons (Fsp3) is 0.214. The van der Waals surface area contributed by atoms with E-state index in [2.05, 4.69) is 22.1 Å². The summed E-state index contributed by atoms with van der Waals surface area (Å²) < 4.78 is 14.4. The van der Waals surface area contributed by atoms with Crippen LogP contribution in [0.3, 0.4) is 0 Å². The lowest BCUT2D eigenvalue weighted by Gasteiger charge is -2.05. The van der Waals surface area contributed by atoms with Crippen LogP contribution in [0.25, 0.3) is 0 Å². The predicted molar refractivity (Wildman–Crippen MR) is 97.0 cm³/mol. The smallest absolute Gasteiger partial charge is 0.236 e. The molecule has 0 fully saturated rings. The number of rotatable bonds is 8. The number of anilines is 1. The number of halogens is 2. The van der Waals surface area contributed by atoms with Crippen LogP contribution in [0.2, 0.25) is 5.02 Å². The Balaban J connectivity index is 1.79. The van der Waals surface area contributed by atoms with Crippen LogP contribution >= 0.6 is 46.5 Å². The van der Waals surface area contributed by atoms with Crippen LogP contribution in [-0.4, -0.2) is 27.6 Å². The van der Waals surface area contributed by atoms with E-state index in [0.29, 0.717) is 21.5 Å². The topological polar surface area (TPSA) is 54.9 Å². The van der Waals surface area contributed by atoms with Gasteiger partial charge >= 0.3 is 0 Å². The minimum absolute atomic E-state index is 0.180. The molecule has 0 saturated carbocycles. The van der Waals surface area contributed by atoms with E-state index in [9.17, 15) is 9.18 Å². The summed E-state index contributed by atoms with van der Waals surface area (Å²) in [5, 5.41) is 11.3. The Labute approximate surface area is 150 Å². The summed E-state index contributed by atoms with van der Waals surface area (Å²) in [6.07, 6.45) is 1.77. The summed E-state index contributed by atoms with van der Waals surface area (Å²) >= 11 is 10.0. The predicted octanol–water partition coefficient (Wildman–Crippen LogP) is 4.48. The molecule has 1 amide bonds. The minimum Gasteiger partial charge on any atom is -0.300 e. The maximum absolute atomic E-state index is 13.6. The average Bonchev–Trinajstić information content (AvgIpc) is 2.95. The van der Waals surface area contributed by atoms with E-state index in [1.807, 2.05) is 0 Å². The number of nitrogens with zero attached hydrogens (tertiary/aromatic N) is 2. The Morgan fingerprint density at radius 3 is 3.04 bits per heavy atom. The van der Waals surface area contributed by atoms with E-state index >= 15 is 0 Å². The SMILES string of the molecule is C=CCSc1nnc(NC(=O)CSCc2c(F)cccc2Cl)s1. The van der Waals surface area contributed by atoms with Crippen LogP contribution in [-0.2, 0) is 10.5 Å². The van der Waals surface area contributed by atoms with Crippen LogP contribution in [0.4, 0.5) is 9.52 Å². The zero-order valence-corrected chi connectivity index (χ0v) is 15.1. The van der Waals surface area contributed by atoms with E-state index in [1.165, 1.54) is 40.9 Å². The molecule has 0 spiro atoms. The molecule has 122 valence electrons. The molecule has 1 heterocycles. The highest BCUT2D eigenvalue weighted by atomic mass is 35.5. The summed E-state index contributed by atoms with van der Waals surface area (Å²) in [6, 6.07) is 4.53. The fourth-order valence-electron chi connectivity index (χ4n) is 1.52. The standard InChI is InChI=1S/C14H13ClFN3OS3/c1-2-6-22-14-19-18-13(23-14)17-12(20)8-21-7-9-10(15)4-3-5-11(9)16/h2-5H,1,6-8H2,(H,17,18,20). The number of hydrogen-bond acceptors (Lipinski definition) is 6. The Morgan fingerprint density at radius 1 is 1.48 bits per heavy atom. The molecular formula is C14H13ClFN3OS3. The second kappa shape index (κ2) is 9.27. The van der Waals surface area contributed by atoms with Crippen LogP contribution in [0.1, 0.15) is 5.56 Å². The van der Waals surface area contributed by atoms with Crippen molar-refractivity contribution in [2.45, 2.75) is 10.1 Å². The van der Waals surface area contributed by atoms with Gasteiger partial charge in [-0.2, -0.15) is 0 Å². The Bertz CT molecular complexity index is 675. The van der Waals surface area contributed by atoms with Crippen LogP contribution in [0.15, 0.2) is 35.2 Å². The van der Waals surface area contributed by atoms with E-state index < -0.39 is 0 Å². The number of benzene rings is 1. The molecule has 0 saturated heterocycles. The number of carbonyl (C=O) groups excluding carboxylic acids is 1. The maximum Gasteiger partial charge on any atom is 0.236 e. The van der Waals surface area contributed by atoms with Gasteiger partial charge in [0.05, 0.1) is 5.75 Å². The van der Waals surface area contributed by atoms with E-state index in [0.717, 1.165) is 10.1 Å². The van der Waals surface area contributed by atoms with Gasteiger partial charge in [0.15, 0.2) is 4.34 Å². The summed E-state index contributed by atoms with van der Waals surface area (Å²) in [4.78, 5) is 11.9. The highest BCUT2D eigenvalue weighted by Gasteiger charge is 2.11. The first-order valence-electron chi connectivity index (χ1n) is 6.48. The molecule has 0 aliphatic rings. The van der Waals surface area contributed by atoms with Gasteiger partial charge in [-0.05, 0) is 12.1 Å². The van der Waals surface area contributed by atoms with Gasteiger partial charge in [-0.3, -0.25) is 10.1 Å². The third-order valence-electron chi connectivity index (χ3n) is 2.52. The van der Waals surface area contributed by atoms with Gasteiger partial charge < -0.3 is 0 Å². The zero-order valence-electron chi connectivity index (χ0n) is 11.9. The average molecular weight is 390 g/mol. The second-order valence-corrected chi connectivity index (χ2v) is 7.85. The van der Waals surface area contributed by atoms with Crippen LogP contribution in [0.5, 0.6) is 0 Å². The van der Waals surface area contributed by atoms with E-state index in [-0.39, 0.29) is 17.5 Å². The molecule has 4 nitrogen and oxygen atoms in total. The lowest BCUT2D eigenvalue weighted by atomic mass is 10.2. The summed E-state index contributed by atoms with van der Waals surface area (Å²) in [6.45, 7) is 3.63. The largest absolute Gasteiger partial charge is 0.300 e. The lowest BCUT2D eigenvalue weighted by molar-refractivity contribution is -0.113. The number of hydrogen-bond donors (Lipinski definition) is 1. The van der Waals surface area contributed by atoms with Gasteiger partial charge in [-0.15, -0.1) is 28.5 Å². The molecule has 9 heteroatoms. The van der Waals surface area contributed by atoms with Gasteiger partial charge in [0, 0.05) is 22.1 Å². The van der Waals surface area contributed by atoms with Crippen molar-refractivity contribution in [2.75, 3.05) is 16.8 Å². The first kappa shape index (κ1) is 18.3. The molecule has 23 heavy (non-hydrogen) atoms. The number of amides is 1. The molecule has 0 unspecified atom stereocenters. The third kappa shape index (κ3) is 5.80. The maximum atomic E-state index is 13.6. The van der Waals surface area contributed by atoms with Crippen molar-refractivity contribution in [3.8, 4) is 0 Å². The number of nitrogens with one attached hydrogen (secondary N) is 1. The molecule has 0 bridgehead atoms. The molecule has 1 aromatic heterocycles. The summed E-state index contributed by atoms with van der Waals surface area (Å²) in [7, 11) is 0. The molecule has 2 rings (SSSR count). The van der Waals surface area contributed by atoms with Crippen molar-refractivity contribution in [3.63, 3.8) is 0 Å². The van der Waals surface area contributed by atoms with Crippen molar-refractivity contribution in [1.82, 2.24) is 10.2 Å². The lowest BCUT2D eigenvalue weighted by Crippen LogP contribution is -2.14. The van der Waals surface area contributed by atoms with Crippen LogP contribution in [0, 0.1) is 5.82 Å². The molecule has 1 N–H and O–H groups in total. The summed E-state index contributed by atoms with van der Waals surface area (Å²) in [5.41, 5.74) is 0.408. The van der Waals surface area contributed by atoms with Crippen molar-refractivity contribution < 1.29 is 9.18 Å². The Hall–Kier alpha value is -1.09. The van der Waals surface area contributed by atoms with Gasteiger partial charge in [-0.1, -0.05) is 46.8 Å². The Kier molecular flexibility index (Phi) is 7.35. The normalized spacial score (nSPS) is 10.5. The van der Waals surface area contributed by atoms with E-state index in [1.54, 1.807) is 18.2 Å². The summed E-state index contributed by atoms with van der Waals surface area (Å²) in [5.74, 6) is 0.675. The van der Waals surface area contributed by atoms with Crippen molar-refractivity contribution in [3.05, 3.63) is 47.3 Å². The third-order valence-corrected chi connectivity index (χ3v) is 5.80. The fourth-order valence-corrected chi connectivity index (χ4v) is 4.22. The van der Waals surface area contributed by atoms with Gasteiger partial charge in [0.25, 0.3) is 0 Å². The van der Waals surface area contributed by atoms with Gasteiger partial charge in [-0.25, -0.2) is 4.39 Å². The first-order chi connectivity index (χ1) is 11.1. The number of aromatic nitrogens is 2. The minimum atomic E-state index is -0.363. The molecule has 0 aliphatic heterocycles. The molecule has 1 aromatic carbocycles. The van der Waals surface area contributed by atoms with Gasteiger partial charge in [0.1, 0.15) is 5.82 Å². The first-order valence-corrected chi connectivity index (χ1v) is 9.81. The number of thioether (sulfide) groups is 2. The quantitative estimate of drug-likeness (QED) is 0.410. The molecular weight excluding hydrogens is 377 g/mol. The monoisotopic (exact) mass is 389 g/mol. The molecule has 0 atom stereocenters. The Morgan fingerprint density at radius 2 is 2.30 bits per heavy atom. The van der Waals surface area contributed by atoms with E-state index in [4.69, 9.17) is 11.6 Å². The van der Waals surface area contributed by atoms with Crippen molar-refractivity contribution in [1.29, 1.82) is 0 Å². The highest BCUT2D eigenvalue weighted by Crippen LogP contribution is 2.26. The second-order valence-electron chi connectivity index (χ2n) is 4.21. The highest BCUT2D eigenvalue weighted by molar-refractivity contribution is 8.01. The van der Waals surface area contributed by atoms with Crippen LogP contribution < -0.4 is 5.32 Å².